The second-order valence-corrected chi connectivity index (χ2v) is 10.1. The first kappa shape index (κ1) is 20.8. The van der Waals surface area contributed by atoms with Crippen LogP contribution in [0.15, 0.2) is 48.4 Å². The molecule has 0 aromatic heterocycles. The summed E-state index contributed by atoms with van der Waals surface area (Å²) >= 11 is -0.180. The molecule has 7 heteroatoms. The molecule has 0 radical (unpaired) electrons. The summed E-state index contributed by atoms with van der Waals surface area (Å²) in [4.78, 5) is 19.5. The van der Waals surface area contributed by atoms with Crippen LogP contribution in [0.2, 0.25) is 0 Å². The number of ether oxygens (including phenoxy) is 2. The summed E-state index contributed by atoms with van der Waals surface area (Å²) in [5, 5.41) is 3.40. The SMILES string of the molecule is CC#[N+]c1ccc2c(c1C)[C@@H]1C=C(OC)C=C[C@H]1OCC(=O)N2CC1NC=CC=I1. The number of benzene rings is 1. The van der Waals surface area contributed by atoms with E-state index in [1.807, 2.05) is 41.5 Å². The third-order valence-electron chi connectivity index (χ3n) is 5.42. The summed E-state index contributed by atoms with van der Waals surface area (Å²) in [5.41, 5.74) is 3.86. The van der Waals surface area contributed by atoms with E-state index >= 15 is 0 Å². The number of halogens is 1. The molecule has 6 nitrogen and oxygen atoms in total. The van der Waals surface area contributed by atoms with Gasteiger partial charge in [0, 0.05) is 23.2 Å². The standard InChI is InChI=1S/C23H25IN3O3/c1-4-25-18-7-8-19-23(15(18)2)17-12-16(29-3)6-9-20(17)30-14-22(28)27(19)13-21-24-10-5-11-26-21/h5-12,17,20-21,26H,13-14H2,1-3H3/q+1/t17-,20-,21?/m1/s1. The largest absolute Gasteiger partial charge is 0.497 e. The molecular weight excluding hydrogens is 493 g/mol. The highest BCUT2D eigenvalue weighted by molar-refractivity contribution is 14.2. The van der Waals surface area contributed by atoms with Gasteiger partial charge in [-0.15, -0.1) is 0 Å². The first-order valence-corrected chi connectivity index (χ1v) is 12.3. The molecule has 1 N–H and O–H groups in total. The molecule has 0 saturated carbocycles. The molecule has 1 unspecified atom stereocenters. The molecule has 3 atom stereocenters. The van der Waals surface area contributed by atoms with Crippen LogP contribution in [0.3, 0.4) is 0 Å². The van der Waals surface area contributed by atoms with Crippen LogP contribution in [0.4, 0.5) is 11.4 Å². The minimum atomic E-state index is -0.228. The van der Waals surface area contributed by atoms with Gasteiger partial charge < -0.3 is 19.7 Å². The predicted octanol–water partition coefficient (Wildman–Crippen LogP) is 4.11. The fraction of sp³-hybridized carbons (Fsp3) is 0.348. The predicted molar refractivity (Wildman–Crippen MR) is 129 cm³/mol. The van der Waals surface area contributed by atoms with Gasteiger partial charge in [0.1, 0.15) is 12.4 Å². The number of carbonyl (C=O) groups excluding carboxylic acids is 1. The lowest BCUT2D eigenvalue weighted by molar-refractivity contribution is -0.124. The summed E-state index contributed by atoms with van der Waals surface area (Å²) in [7, 11) is 1.67. The highest BCUT2D eigenvalue weighted by Crippen LogP contribution is 2.42. The van der Waals surface area contributed by atoms with Crippen LogP contribution in [-0.2, 0) is 14.3 Å². The zero-order chi connectivity index (χ0) is 21.1. The molecule has 2 aliphatic heterocycles. The molecule has 0 fully saturated rings. The van der Waals surface area contributed by atoms with Crippen molar-refractivity contribution in [2.24, 2.45) is 0 Å². The quantitative estimate of drug-likeness (QED) is 0.372. The number of fused-ring (bicyclic) bond motifs is 3. The van der Waals surface area contributed by atoms with Gasteiger partial charge >= 0.3 is 5.69 Å². The maximum absolute atomic E-state index is 13.2. The lowest BCUT2D eigenvalue weighted by atomic mass is 9.84. The maximum atomic E-state index is 13.2. The Morgan fingerprint density at radius 3 is 3.03 bits per heavy atom. The molecule has 0 spiro atoms. The lowest BCUT2D eigenvalue weighted by Gasteiger charge is -2.36. The van der Waals surface area contributed by atoms with E-state index in [9.17, 15) is 4.79 Å². The average molecular weight is 518 g/mol. The van der Waals surface area contributed by atoms with Gasteiger partial charge in [-0.1, -0.05) is 26.8 Å². The number of nitrogens with one attached hydrogen (secondary N) is 1. The minimum Gasteiger partial charge on any atom is -0.497 e. The van der Waals surface area contributed by atoms with Crippen LogP contribution in [0.1, 0.15) is 24.0 Å². The van der Waals surface area contributed by atoms with E-state index in [-0.39, 0.29) is 49.3 Å². The molecule has 2 heterocycles. The minimum absolute atomic E-state index is 0.0253. The number of hydrogen-bond donors (Lipinski definition) is 1. The number of anilines is 1. The Morgan fingerprint density at radius 2 is 2.30 bits per heavy atom. The molecule has 4 rings (SSSR count). The molecule has 1 amide bonds. The van der Waals surface area contributed by atoms with Crippen molar-refractivity contribution in [1.82, 2.24) is 5.32 Å². The number of rotatable bonds is 3. The van der Waals surface area contributed by atoms with E-state index in [2.05, 4.69) is 33.2 Å². The van der Waals surface area contributed by atoms with Crippen molar-refractivity contribution >= 4 is 42.0 Å². The van der Waals surface area contributed by atoms with Crippen LogP contribution in [0.5, 0.6) is 0 Å². The second kappa shape index (κ2) is 9.14. The third-order valence-corrected chi connectivity index (χ3v) is 7.87. The van der Waals surface area contributed by atoms with Crippen molar-refractivity contribution in [3.8, 4) is 6.07 Å². The summed E-state index contributed by atoms with van der Waals surface area (Å²) in [5.74, 6) is 0.699. The number of hydrogen-bond acceptors (Lipinski definition) is 4. The van der Waals surface area contributed by atoms with Crippen molar-refractivity contribution in [3.63, 3.8) is 0 Å². The second-order valence-electron chi connectivity index (χ2n) is 7.16. The van der Waals surface area contributed by atoms with Crippen molar-refractivity contribution < 1.29 is 14.3 Å². The number of allylic oxidation sites excluding steroid dienone is 2. The maximum Gasteiger partial charge on any atom is 0.343 e. The topological polar surface area (TPSA) is 55.2 Å². The summed E-state index contributed by atoms with van der Waals surface area (Å²) < 4.78 is 14.1. The van der Waals surface area contributed by atoms with Crippen LogP contribution in [0, 0.1) is 13.0 Å². The molecule has 1 aromatic rings. The Kier molecular flexibility index (Phi) is 6.35. The van der Waals surface area contributed by atoms with Gasteiger partial charge in [-0.3, -0.25) is 4.79 Å². The molecule has 0 bridgehead atoms. The Labute approximate surface area is 186 Å². The summed E-state index contributed by atoms with van der Waals surface area (Å²) in [6, 6.07) is 6.86. The van der Waals surface area contributed by atoms with Gasteiger partial charge in [-0.25, -0.2) is 0 Å². The number of alkyl halides is 1. The Bertz CT molecular complexity index is 1030. The van der Waals surface area contributed by atoms with Crippen LogP contribution < -0.4 is 10.2 Å². The fourth-order valence-corrected chi connectivity index (χ4v) is 5.96. The highest BCUT2D eigenvalue weighted by Gasteiger charge is 2.36. The Balaban J connectivity index is 1.85. The van der Waals surface area contributed by atoms with Gasteiger partial charge in [-0.05, 0) is 51.8 Å². The molecular formula is C23H25IN3O3+. The third kappa shape index (κ3) is 4.07. The van der Waals surface area contributed by atoms with E-state index < -0.39 is 0 Å². The molecule has 156 valence electrons. The van der Waals surface area contributed by atoms with Crippen LogP contribution >= 0.6 is 20.7 Å². The van der Waals surface area contributed by atoms with Gasteiger partial charge in [0.05, 0.1) is 30.7 Å². The van der Waals surface area contributed by atoms with E-state index in [1.54, 1.807) is 14.0 Å². The molecule has 1 aromatic carbocycles. The monoisotopic (exact) mass is 518 g/mol. The molecule has 0 saturated heterocycles. The van der Waals surface area contributed by atoms with Crippen LogP contribution in [-0.4, -0.2) is 40.3 Å². The van der Waals surface area contributed by atoms with E-state index in [1.165, 1.54) is 0 Å². The fourth-order valence-electron chi connectivity index (χ4n) is 3.98. The van der Waals surface area contributed by atoms with Crippen molar-refractivity contribution in [2.75, 3.05) is 25.2 Å². The average Bonchev–Trinajstić information content (AvgIpc) is 2.77. The van der Waals surface area contributed by atoms with Gasteiger partial charge in [0.2, 0.25) is 0 Å². The highest BCUT2D eigenvalue weighted by atomic mass is 127. The first-order valence-electron chi connectivity index (χ1n) is 9.85. The summed E-state index contributed by atoms with van der Waals surface area (Å²) in [6.45, 7) is 4.50. The Hall–Kier alpha value is -2.44. The van der Waals surface area contributed by atoms with Crippen LogP contribution in [0.25, 0.3) is 4.85 Å². The van der Waals surface area contributed by atoms with Crippen molar-refractivity contribution in [2.45, 2.75) is 29.9 Å². The van der Waals surface area contributed by atoms with Crippen molar-refractivity contribution in [3.05, 3.63) is 64.4 Å². The van der Waals surface area contributed by atoms with E-state index in [4.69, 9.17) is 9.47 Å². The molecule has 3 aliphatic rings. The summed E-state index contributed by atoms with van der Waals surface area (Å²) in [6.07, 6.45) is 9.73. The normalized spacial score (nSPS) is 24.8. The van der Waals surface area contributed by atoms with Gasteiger partial charge in [0.15, 0.2) is 0 Å². The molecule has 30 heavy (non-hydrogen) atoms. The first-order chi connectivity index (χ1) is 14.6. The smallest absolute Gasteiger partial charge is 0.343 e. The van der Waals surface area contributed by atoms with Crippen molar-refractivity contribution in [1.29, 1.82) is 0 Å². The van der Waals surface area contributed by atoms with E-state index in [0.717, 1.165) is 28.3 Å². The van der Waals surface area contributed by atoms with E-state index in [0.29, 0.717) is 6.54 Å². The zero-order valence-electron chi connectivity index (χ0n) is 17.3. The number of nitrogens with zero attached hydrogens (tertiary/aromatic N) is 2. The lowest BCUT2D eigenvalue weighted by Crippen LogP contribution is -2.45. The number of amides is 1. The number of carbonyl (C=O) groups is 1. The number of methoxy groups -OCH3 is 1. The Morgan fingerprint density at radius 1 is 1.43 bits per heavy atom. The van der Waals surface area contributed by atoms with Gasteiger partial charge in [-0.2, -0.15) is 0 Å². The molecule has 1 aliphatic carbocycles. The zero-order valence-corrected chi connectivity index (χ0v) is 19.4. The van der Waals surface area contributed by atoms with Gasteiger partial charge in [0.25, 0.3) is 12.0 Å².